The summed E-state index contributed by atoms with van der Waals surface area (Å²) in [4.78, 5) is -0.620. The van der Waals surface area contributed by atoms with E-state index in [2.05, 4.69) is 9.68 Å². The molecule has 0 spiro atoms. The second-order valence-electron chi connectivity index (χ2n) is 6.11. The molecule has 4 nitrogen and oxygen atoms in total. The predicted molar refractivity (Wildman–Crippen MR) is 95.2 cm³/mol. The Labute approximate surface area is 162 Å². The number of rotatable bonds is 3. The van der Waals surface area contributed by atoms with Gasteiger partial charge >= 0.3 is 6.18 Å². The van der Waals surface area contributed by atoms with E-state index in [4.69, 9.17) is 11.6 Å². The van der Waals surface area contributed by atoms with Crippen molar-refractivity contribution in [1.82, 2.24) is 5.16 Å². The molecule has 2 aromatic carbocycles. The van der Waals surface area contributed by atoms with Crippen molar-refractivity contribution in [2.75, 3.05) is 6.26 Å². The van der Waals surface area contributed by atoms with Crippen LogP contribution in [0, 0.1) is 12.7 Å². The van der Waals surface area contributed by atoms with Crippen LogP contribution >= 0.6 is 11.6 Å². The monoisotopic (exact) mass is 433 g/mol. The van der Waals surface area contributed by atoms with Crippen LogP contribution in [-0.2, 0) is 16.0 Å². The van der Waals surface area contributed by atoms with E-state index in [1.54, 1.807) is 6.92 Å². The van der Waals surface area contributed by atoms with Crippen LogP contribution in [0.25, 0.3) is 22.4 Å². The summed E-state index contributed by atoms with van der Waals surface area (Å²) in [5.74, 6) is -2.59. The molecule has 148 valence electrons. The average molecular weight is 434 g/mol. The number of sulfone groups is 1. The second-order valence-corrected chi connectivity index (χ2v) is 8.51. The average Bonchev–Trinajstić information content (AvgIpc) is 3.01. The van der Waals surface area contributed by atoms with Crippen molar-refractivity contribution < 1.29 is 30.5 Å². The van der Waals surface area contributed by atoms with Gasteiger partial charge in [0.05, 0.1) is 5.56 Å². The fourth-order valence-electron chi connectivity index (χ4n) is 2.70. The third-order valence-electron chi connectivity index (χ3n) is 4.00. The molecular weight excluding hydrogens is 422 g/mol. The highest BCUT2D eigenvalue weighted by molar-refractivity contribution is 7.90. The second kappa shape index (κ2) is 6.89. The van der Waals surface area contributed by atoms with Crippen molar-refractivity contribution in [2.45, 2.75) is 18.0 Å². The first-order valence-electron chi connectivity index (χ1n) is 7.73. The first-order chi connectivity index (χ1) is 12.9. The summed E-state index contributed by atoms with van der Waals surface area (Å²) in [6.45, 7) is 1.66. The van der Waals surface area contributed by atoms with Gasteiger partial charge in [-0.15, -0.1) is 0 Å². The van der Waals surface area contributed by atoms with Gasteiger partial charge in [-0.25, -0.2) is 12.8 Å². The molecular formula is C18H12ClF4NO3S. The number of halogens is 5. The van der Waals surface area contributed by atoms with Gasteiger partial charge in [0.15, 0.2) is 9.84 Å². The summed E-state index contributed by atoms with van der Waals surface area (Å²) in [5.41, 5.74) is -0.00289. The minimum atomic E-state index is -4.89. The molecule has 0 saturated carbocycles. The highest BCUT2D eigenvalue weighted by atomic mass is 35.5. The van der Waals surface area contributed by atoms with Crippen molar-refractivity contribution in [3.05, 3.63) is 58.6 Å². The molecule has 0 amide bonds. The summed E-state index contributed by atoms with van der Waals surface area (Å²) >= 11 is 5.95. The molecule has 0 atom stereocenters. The Balaban J connectivity index is 2.28. The van der Waals surface area contributed by atoms with Gasteiger partial charge in [0, 0.05) is 16.8 Å². The summed E-state index contributed by atoms with van der Waals surface area (Å²) in [7, 11) is -3.88. The minimum absolute atomic E-state index is 0.168. The number of benzene rings is 2. The Morgan fingerprint density at radius 3 is 2.25 bits per heavy atom. The molecule has 3 aromatic rings. The summed E-state index contributed by atoms with van der Waals surface area (Å²) in [6.07, 6.45) is -4.10. The smallest absolute Gasteiger partial charge is 0.350 e. The summed E-state index contributed by atoms with van der Waals surface area (Å²) in [5, 5.41) is 3.93. The topological polar surface area (TPSA) is 60.2 Å². The van der Waals surface area contributed by atoms with Crippen LogP contribution < -0.4 is 0 Å². The van der Waals surface area contributed by atoms with E-state index in [0.29, 0.717) is 16.7 Å². The van der Waals surface area contributed by atoms with Gasteiger partial charge in [-0.3, -0.25) is 0 Å². The Morgan fingerprint density at radius 2 is 1.71 bits per heavy atom. The van der Waals surface area contributed by atoms with E-state index in [1.165, 1.54) is 18.2 Å². The van der Waals surface area contributed by atoms with Crippen molar-refractivity contribution in [3.8, 4) is 22.4 Å². The lowest BCUT2D eigenvalue weighted by molar-refractivity contribution is -0.154. The normalized spacial score (nSPS) is 12.4. The number of nitrogens with zero attached hydrogens (tertiary/aromatic N) is 1. The van der Waals surface area contributed by atoms with E-state index in [9.17, 15) is 26.0 Å². The van der Waals surface area contributed by atoms with Crippen LogP contribution in [0.2, 0.25) is 5.02 Å². The molecule has 28 heavy (non-hydrogen) atoms. The molecule has 0 unspecified atom stereocenters. The summed E-state index contributed by atoms with van der Waals surface area (Å²) in [6, 6.07) is 7.16. The molecule has 0 aliphatic rings. The van der Waals surface area contributed by atoms with Crippen LogP contribution in [0.15, 0.2) is 45.8 Å². The molecule has 0 radical (unpaired) electrons. The maximum absolute atomic E-state index is 14.3. The lowest BCUT2D eigenvalue weighted by Crippen LogP contribution is -2.06. The van der Waals surface area contributed by atoms with Crippen molar-refractivity contribution in [1.29, 1.82) is 0 Å². The number of hydrogen-bond donors (Lipinski definition) is 0. The molecule has 0 aliphatic heterocycles. The number of aromatic nitrogens is 1. The maximum Gasteiger partial charge on any atom is 0.453 e. The fraction of sp³-hybridized carbons (Fsp3) is 0.167. The van der Waals surface area contributed by atoms with E-state index >= 15 is 0 Å². The van der Waals surface area contributed by atoms with Gasteiger partial charge in [0.1, 0.15) is 16.4 Å². The maximum atomic E-state index is 14.3. The van der Waals surface area contributed by atoms with Crippen LogP contribution in [0.3, 0.4) is 0 Å². The largest absolute Gasteiger partial charge is 0.453 e. The molecule has 0 N–H and O–H groups in total. The summed E-state index contributed by atoms with van der Waals surface area (Å²) < 4.78 is 82.3. The van der Waals surface area contributed by atoms with Gasteiger partial charge in [-0.05, 0) is 42.3 Å². The first-order valence-corrected chi connectivity index (χ1v) is 10.00. The molecule has 1 heterocycles. The lowest BCUT2D eigenvalue weighted by Gasteiger charge is -2.09. The first kappa shape index (κ1) is 20.3. The fourth-order valence-corrected chi connectivity index (χ4v) is 3.54. The van der Waals surface area contributed by atoms with E-state index in [1.807, 2.05) is 0 Å². The zero-order valence-electron chi connectivity index (χ0n) is 14.4. The van der Waals surface area contributed by atoms with E-state index < -0.39 is 38.0 Å². The Bertz CT molecular complexity index is 1170. The zero-order valence-corrected chi connectivity index (χ0v) is 16.0. The molecule has 0 bridgehead atoms. The van der Waals surface area contributed by atoms with Crippen molar-refractivity contribution in [3.63, 3.8) is 0 Å². The Morgan fingerprint density at radius 1 is 1.07 bits per heavy atom. The lowest BCUT2D eigenvalue weighted by atomic mass is 9.98. The van der Waals surface area contributed by atoms with E-state index in [-0.39, 0.29) is 16.8 Å². The quantitative estimate of drug-likeness (QED) is 0.509. The van der Waals surface area contributed by atoms with Crippen molar-refractivity contribution in [2.24, 2.45) is 0 Å². The molecule has 10 heteroatoms. The molecule has 0 saturated heterocycles. The SMILES string of the molecule is Cc1cc(-c2noc(C(F)(F)F)c2-c2ccc(S(C)(=O)=O)c(F)c2)ccc1Cl. The van der Waals surface area contributed by atoms with Gasteiger partial charge < -0.3 is 4.52 Å². The standard InChI is InChI=1S/C18H12ClF4NO3S/c1-9-7-11(3-5-12(9)19)16-15(17(27-24-16)18(21,22)23)10-4-6-14(13(20)8-10)28(2,25)26/h3-8H,1-2H3. The van der Waals surface area contributed by atoms with Gasteiger partial charge in [0.25, 0.3) is 0 Å². The Hall–Kier alpha value is -2.39. The van der Waals surface area contributed by atoms with Crippen LogP contribution in [0.1, 0.15) is 11.3 Å². The van der Waals surface area contributed by atoms with Crippen LogP contribution in [-0.4, -0.2) is 19.8 Å². The van der Waals surface area contributed by atoms with Crippen molar-refractivity contribution >= 4 is 21.4 Å². The Kier molecular flexibility index (Phi) is 5.01. The highest BCUT2D eigenvalue weighted by Gasteiger charge is 2.41. The molecule has 1 aromatic heterocycles. The predicted octanol–water partition coefficient (Wildman–Crippen LogP) is 5.53. The third-order valence-corrected chi connectivity index (χ3v) is 5.56. The number of hydrogen-bond acceptors (Lipinski definition) is 4. The van der Waals surface area contributed by atoms with Crippen LogP contribution in [0.5, 0.6) is 0 Å². The zero-order chi connectivity index (χ0) is 20.9. The number of aryl methyl sites for hydroxylation is 1. The minimum Gasteiger partial charge on any atom is -0.350 e. The molecule has 0 aliphatic carbocycles. The highest BCUT2D eigenvalue weighted by Crippen LogP contribution is 2.43. The van der Waals surface area contributed by atoms with E-state index in [0.717, 1.165) is 18.4 Å². The van der Waals surface area contributed by atoms with Gasteiger partial charge in [-0.2, -0.15) is 13.2 Å². The number of alkyl halides is 3. The van der Waals surface area contributed by atoms with Gasteiger partial charge in [-0.1, -0.05) is 28.9 Å². The molecule has 3 rings (SSSR count). The van der Waals surface area contributed by atoms with Gasteiger partial charge in [0.2, 0.25) is 5.76 Å². The molecule has 0 fully saturated rings. The van der Waals surface area contributed by atoms with Crippen LogP contribution in [0.4, 0.5) is 17.6 Å². The third kappa shape index (κ3) is 3.77.